The van der Waals surface area contributed by atoms with Crippen molar-refractivity contribution in [2.45, 2.75) is 11.2 Å². The number of hydrazone groups is 1. The minimum absolute atomic E-state index is 0.116. The van der Waals surface area contributed by atoms with E-state index in [0.717, 1.165) is 0 Å². The van der Waals surface area contributed by atoms with E-state index in [1.807, 2.05) is 0 Å². The van der Waals surface area contributed by atoms with Crippen LogP contribution in [0.25, 0.3) is 0 Å². The molecule has 104 valence electrons. The number of amidine groups is 1. The van der Waals surface area contributed by atoms with E-state index in [-0.39, 0.29) is 11.8 Å². The molecule has 0 saturated carbocycles. The Morgan fingerprint density at radius 1 is 1.67 bits per heavy atom. The predicted octanol–water partition coefficient (Wildman–Crippen LogP) is -0.457. The highest BCUT2D eigenvalue weighted by atomic mass is 79.9. The molecule has 7 nitrogen and oxygen atoms in total. The van der Waals surface area contributed by atoms with Crippen LogP contribution < -0.4 is 11.2 Å². The van der Waals surface area contributed by atoms with E-state index in [1.165, 1.54) is 10.6 Å². The van der Waals surface area contributed by atoms with Crippen LogP contribution in [0.5, 0.6) is 0 Å². The summed E-state index contributed by atoms with van der Waals surface area (Å²) in [6.45, 7) is 0.793. The van der Waals surface area contributed by atoms with E-state index in [9.17, 15) is 8.42 Å². The molecule has 0 amide bonds. The van der Waals surface area contributed by atoms with Gasteiger partial charge in [-0.05, 0) is 6.42 Å². The fourth-order valence-electron chi connectivity index (χ4n) is 1.84. The molecule has 0 aromatic heterocycles. The number of hydrogen-bond acceptors (Lipinski definition) is 5. The molecule has 9 heteroatoms. The number of nitrogens with two attached hydrogens (primary N) is 1. The third-order valence-electron chi connectivity index (χ3n) is 2.83. The minimum Gasteiger partial charge on any atom is -0.384 e. The molecule has 0 bridgehead atoms. The quantitative estimate of drug-likeness (QED) is 0.272. The number of halogens is 1. The lowest BCUT2D eigenvalue weighted by Crippen LogP contribution is -2.37. The summed E-state index contributed by atoms with van der Waals surface area (Å²) in [6, 6.07) is 0. The average molecular weight is 340 g/mol. The molecular formula is C9H18BrN5O2S. The van der Waals surface area contributed by atoms with Gasteiger partial charge in [-0.3, -0.25) is 0 Å². The van der Waals surface area contributed by atoms with Crippen molar-refractivity contribution in [2.75, 3.05) is 26.4 Å². The molecule has 2 atom stereocenters. The van der Waals surface area contributed by atoms with Crippen molar-refractivity contribution in [1.29, 1.82) is 5.41 Å². The molecule has 1 heterocycles. The Bertz CT molecular complexity index is 450. The van der Waals surface area contributed by atoms with E-state index in [1.54, 1.807) is 7.05 Å². The van der Waals surface area contributed by atoms with Crippen molar-refractivity contribution in [2.24, 2.45) is 16.8 Å². The highest BCUT2D eigenvalue weighted by Gasteiger charge is 2.34. The normalized spacial score (nSPS) is 23.9. The van der Waals surface area contributed by atoms with Gasteiger partial charge in [-0.15, -0.1) is 0 Å². The second-order valence-corrected chi connectivity index (χ2v) is 7.08. The molecule has 1 aliphatic heterocycles. The van der Waals surface area contributed by atoms with Crippen molar-refractivity contribution in [1.82, 2.24) is 9.73 Å². The molecule has 1 aliphatic rings. The third-order valence-corrected chi connectivity index (χ3v) is 5.07. The van der Waals surface area contributed by atoms with Crippen molar-refractivity contribution in [3.05, 3.63) is 0 Å². The number of sulfonamides is 1. The van der Waals surface area contributed by atoms with Gasteiger partial charge in [-0.1, -0.05) is 15.9 Å². The van der Waals surface area contributed by atoms with Crippen LogP contribution in [0.2, 0.25) is 0 Å². The van der Waals surface area contributed by atoms with Gasteiger partial charge in [0, 0.05) is 31.8 Å². The SMILES string of the molecule is CNN=C(N)C(Br)C(=N)C1CCN(S(C)(=O)=O)C1. The second-order valence-electron chi connectivity index (χ2n) is 4.18. The summed E-state index contributed by atoms with van der Waals surface area (Å²) in [4.78, 5) is -0.463. The molecule has 0 aromatic carbocycles. The number of hydrogen-bond donors (Lipinski definition) is 3. The Hall–Kier alpha value is -0.670. The Kier molecular flexibility index (Phi) is 5.11. The van der Waals surface area contributed by atoms with E-state index < -0.39 is 14.9 Å². The summed E-state index contributed by atoms with van der Waals surface area (Å²) >= 11 is 3.30. The smallest absolute Gasteiger partial charge is 0.211 e. The van der Waals surface area contributed by atoms with E-state index >= 15 is 0 Å². The highest BCUT2D eigenvalue weighted by molar-refractivity contribution is 9.10. The maximum Gasteiger partial charge on any atom is 0.211 e. The van der Waals surface area contributed by atoms with Gasteiger partial charge in [0.25, 0.3) is 0 Å². The molecular weight excluding hydrogens is 322 g/mol. The standard InChI is InChI=1S/C9H18BrN5O2S/c1-13-14-9(12)7(10)8(11)6-3-4-15(5-6)18(2,16)17/h6-7,11,13H,3-5H2,1-2H3,(H2,12,14). The summed E-state index contributed by atoms with van der Waals surface area (Å²) in [6.07, 6.45) is 1.82. The summed E-state index contributed by atoms with van der Waals surface area (Å²) in [7, 11) is -1.56. The van der Waals surface area contributed by atoms with Crippen LogP contribution in [-0.4, -0.2) is 55.5 Å². The van der Waals surface area contributed by atoms with Crippen LogP contribution in [0.15, 0.2) is 5.10 Å². The molecule has 0 aliphatic carbocycles. The number of alkyl halides is 1. The second kappa shape index (κ2) is 5.98. The summed E-state index contributed by atoms with van der Waals surface area (Å²) in [5, 5.41) is 11.8. The molecule has 4 N–H and O–H groups in total. The van der Waals surface area contributed by atoms with Gasteiger partial charge in [0.15, 0.2) is 0 Å². The molecule has 1 saturated heterocycles. The van der Waals surface area contributed by atoms with E-state index in [4.69, 9.17) is 11.1 Å². The molecule has 18 heavy (non-hydrogen) atoms. The Balaban J connectivity index is 2.68. The summed E-state index contributed by atoms with van der Waals surface area (Å²) < 4.78 is 24.2. The van der Waals surface area contributed by atoms with Gasteiger partial charge in [-0.2, -0.15) is 5.10 Å². The van der Waals surface area contributed by atoms with Crippen molar-refractivity contribution >= 4 is 37.5 Å². The van der Waals surface area contributed by atoms with Crippen molar-refractivity contribution in [3.8, 4) is 0 Å². The first-order chi connectivity index (χ1) is 8.27. The lowest BCUT2D eigenvalue weighted by Gasteiger charge is -2.17. The monoisotopic (exact) mass is 339 g/mol. The molecule has 2 unspecified atom stereocenters. The first-order valence-electron chi connectivity index (χ1n) is 5.44. The molecule has 1 rings (SSSR count). The molecule has 0 spiro atoms. The van der Waals surface area contributed by atoms with Gasteiger partial charge >= 0.3 is 0 Å². The van der Waals surface area contributed by atoms with Gasteiger partial charge in [0.1, 0.15) is 10.7 Å². The number of rotatable bonds is 5. The van der Waals surface area contributed by atoms with Crippen LogP contribution in [-0.2, 0) is 10.0 Å². The lowest BCUT2D eigenvalue weighted by molar-refractivity contribution is 0.478. The lowest BCUT2D eigenvalue weighted by atomic mass is 10.00. The van der Waals surface area contributed by atoms with Crippen LogP contribution >= 0.6 is 15.9 Å². The van der Waals surface area contributed by atoms with Gasteiger partial charge < -0.3 is 16.6 Å². The predicted molar refractivity (Wildman–Crippen MR) is 75.6 cm³/mol. The number of nitrogens with one attached hydrogen (secondary N) is 2. The van der Waals surface area contributed by atoms with Crippen LogP contribution in [0.4, 0.5) is 0 Å². The van der Waals surface area contributed by atoms with Crippen LogP contribution in [0, 0.1) is 11.3 Å². The van der Waals surface area contributed by atoms with E-state index in [0.29, 0.717) is 25.2 Å². The van der Waals surface area contributed by atoms with Gasteiger partial charge in [0.2, 0.25) is 10.0 Å². The molecule has 1 fully saturated rings. The fourth-order valence-corrected chi connectivity index (χ4v) is 3.20. The maximum absolute atomic E-state index is 11.4. The number of nitrogens with zero attached hydrogens (tertiary/aromatic N) is 2. The Morgan fingerprint density at radius 2 is 2.28 bits per heavy atom. The average Bonchev–Trinajstić information content (AvgIpc) is 2.76. The Morgan fingerprint density at radius 3 is 2.72 bits per heavy atom. The fraction of sp³-hybridized carbons (Fsp3) is 0.778. The maximum atomic E-state index is 11.4. The van der Waals surface area contributed by atoms with Crippen LogP contribution in [0.3, 0.4) is 0 Å². The first kappa shape index (κ1) is 15.4. The summed E-state index contributed by atoms with van der Waals surface area (Å²) in [5.74, 6) is 0.148. The van der Waals surface area contributed by atoms with Crippen molar-refractivity contribution < 1.29 is 8.42 Å². The largest absolute Gasteiger partial charge is 0.384 e. The zero-order valence-electron chi connectivity index (χ0n) is 10.4. The Labute approximate surface area is 115 Å². The zero-order valence-corrected chi connectivity index (χ0v) is 12.8. The summed E-state index contributed by atoms with van der Waals surface area (Å²) in [5.41, 5.74) is 8.60. The third kappa shape index (κ3) is 3.66. The molecule has 0 radical (unpaired) electrons. The van der Waals surface area contributed by atoms with Gasteiger partial charge in [0.05, 0.1) is 6.26 Å². The first-order valence-corrected chi connectivity index (χ1v) is 8.21. The zero-order chi connectivity index (χ0) is 13.9. The van der Waals surface area contributed by atoms with Crippen LogP contribution in [0.1, 0.15) is 6.42 Å². The van der Waals surface area contributed by atoms with E-state index in [2.05, 4.69) is 26.5 Å². The molecule has 0 aromatic rings. The van der Waals surface area contributed by atoms with Gasteiger partial charge in [-0.25, -0.2) is 12.7 Å². The minimum atomic E-state index is -3.18. The van der Waals surface area contributed by atoms with Crippen molar-refractivity contribution in [3.63, 3.8) is 0 Å². The highest BCUT2D eigenvalue weighted by Crippen LogP contribution is 2.23. The topological polar surface area (TPSA) is 112 Å².